The number of hydrogen-bond acceptors (Lipinski definition) is 2. The van der Waals surface area contributed by atoms with Gasteiger partial charge < -0.3 is 10.4 Å². The summed E-state index contributed by atoms with van der Waals surface area (Å²) < 4.78 is 26.2. The number of aliphatic hydroxyl groups is 1. The van der Waals surface area contributed by atoms with Crippen molar-refractivity contribution >= 4 is 0 Å². The van der Waals surface area contributed by atoms with Gasteiger partial charge in [0.05, 0.1) is 5.60 Å². The van der Waals surface area contributed by atoms with Gasteiger partial charge in [-0.3, -0.25) is 0 Å². The van der Waals surface area contributed by atoms with Crippen molar-refractivity contribution in [3.8, 4) is 0 Å². The Hall–Kier alpha value is -1.00. The van der Waals surface area contributed by atoms with Crippen LogP contribution in [0.25, 0.3) is 0 Å². The van der Waals surface area contributed by atoms with Gasteiger partial charge >= 0.3 is 0 Å². The molecule has 0 heterocycles. The van der Waals surface area contributed by atoms with Gasteiger partial charge in [-0.1, -0.05) is 6.92 Å². The van der Waals surface area contributed by atoms with E-state index in [0.717, 1.165) is 24.7 Å². The van der Waals surface area contributed by atoms with E-state index in [1.165, 1.54) is 0 Å². The fourth-order valence-corrected chi connectivity index (χ4v) is 1.55. The lowest BCUT2D eigenvalue weighted by Gasteiger charge is -2.23. The highest BCUT2D eigenvalue weighted by atomic mass is 19.1. The van der Waals surface area contributed by atoms with Gasteiger partial charge in [-0.2, -0.15) is 0 Å². The second-order valence-electron chi connectivity index (χ2n) is 4.19. The van der Waals surface area contributed by atoms with Crippen LogP contribution >= 0.6 is 0 Å². The lowest BCUT2D eigenvalue weighted by atomic mass is 9.96. The van der Waals surface area contributed by atoms with Crippen LogP contribution in [0, 0.1) is 11.6 Å². The maximum absolute atomic E-state index is 13.3. The molecule has 90 valence electrons. The minimum absolute atomic E-state index is 0.0869. The van der Waals surface area contributed by atoms with E-state index in [1.807, 2.05) is 6.92 Å². The topological polar surface area (TPSA) is 32.3 Å². The van der Waals surface area contributed by atoms with Crippen LogP contribution in [0.5, 0.6) is 0 Å². The molecule has 1 rings (SSSR count). The van der Waals surface area contributed by atoms with Crippen LogP contribution < -0.4 is 5.32 Å². The highest BCUT2D eigenvalue weighted by Gasteiger charge is 2.22. The number of halogens is 2. The smallest absolute Gasteiger partial charge is 0.126 e. The summed E-state index contributed by atoms with van der Waals surface area (Å²) in [4.78, 5) is 0. The van der Waals surface area contributed by atoms with E-state index in [-0.39, 0.29) is 12.0 Å². The van der Waals surface area contributed by atoms with Crippen LogP contribution in [0.3, 0.4) is 0 Å². The summed E-state index contributed by atoms with van der Waals surface area (Å²) in [6, 6.07) is 3.27. The van der Waals surface area contributed by atoms with Gasteiger partial charge in [0.15, 0.2) is 0 Å². The first-order chi connectivity index (χ1) is 7.44. The minimum atomic E-state index is -1.08. The molecule has 2 nitrogen and oxygen atoms in total. The summed E-state index contributed by atoms with van der Waals surface area (Å²) in [6.07, 6.45) is 0.0869. The monoisotopic (exact) mass is 229 g/mol. The number of hydrogen-bond donors (Lipinski definition) is 2. The molecule has 1 aromatic carbocycles. The standard InChI is InChI=1S/C12H17F2NO/c1-3-15-8-12(2,16)7-9-6-10(13)4-5-11(9)14/h4-6,15-16H,3,7-8H2,1-2H3. The molecule has 0 aliphatic heterocycles. The van der Waals surface area contributed by atoms with Crippen molar-refractivity contribution in [3.63, 3.8) is 0 Å². The van der Waals surface area contributed by atoms with Gasteiger partial charge in [-0.15, -0.1) is 0 Å². The highest BCUT2D eigenvalue weighted by molar-refractivity contribution is 5.20. The minimum Gasteiger partial charge on any atom is -0.389 e. The number of nitrogens with one attached hydrogen (secondary N) is 1. The third-order valence-corrected chi connectivity index (χ3v) is 2.33. The van der Waals surface area contributed by atoms with E-state index in [0.29, 0.717) is 6.54 Å². The molecular formula is C12H17F2NO. The molecule has 1 atom stereocenters. The molecule has 16 heavy (non-hydrogen) atoms. The SMILES string of the molecule is CCNCC(C)(O)Cc1cc(F)ccc1F. The molecule has 0 aromatic heterocycles. The number of rotatable bonds is 5. The van der Waals surface area contributed by atoms with E-state index in [4.69, 9.17) is 0 Å². The van der Waals surface area contributed by atoms with E-state index in [2.05, 4.69) is 5.32 Å². The molecule has 0 amide bonds. The number of benzene rings is 1. The predicted octanol–water partition coefficient (Wildman–Crippen LogP) is 1.87. The summed E-state index contributed by atoms with van der Waals surface area (Å²) >= 11 is 0. The van der Waals surface area contributed by atoms with Gasteiger partial charge in [0.1, 0.15) is 11.6 Å². The Morgan fingerprint density at radius 2 is 2.06 bits per heavy atom. The van der Waals surface area contributed by atoms with E-state index in [9.17, 15) is 13.9 Å². The van der Waals surface area contributed by atoms with Crippen molar-refractivity contribution < 1.29 is 13.9 Å². The third kappa shape index (κ3) is 3.87. The summed E-state index contributed by atoms with van der Waals surface area (Å²) in [5.41, 5.74) is -0.882. The van der Waals surface area contributed by atoms with Crippen molar-refractivity contribution in [3.05, 3.63) is 35.4 Å². The molecule has 1 unspecified atom stereocenters. The zero-order valence-electron chi connectivity index (χ0n) is 9.56. The Morgan fingerprint density at radius 1 is 1.38 bits per heavy atom. The summed E-state index contributed by atoms with van der Waals surface area (Å²) in [7, 11) is 0. The molecule has 0 saturated carbocycles. The molecule has 0 fully saturated rings. The Labute approximate surface area is 94.3 Å². The van der Waals surface area contributed by atoms with Gasteiger partial charge in [0.2, 0.25) is 0 Å². The molecule has 0 radical (unpaired) electrons. The molecule has 0 saturated heterocycles. The Bertz CT molecular complexity index is 353. The van der Waals surface area contributed by atoms with Gasteiger partial charge in [0, 0.05) is 13.0 Å². The van der Waals surface area contributed by atoms with Crippen molar-refractivity contribution in [2.45, 2.75) is 25.9 Å². The maximum Gasteiger partial charge on any atom is 0.126 e. The second-order valence-corrected chi connectivity index (χ2v) is 4.19. The summed E-state index contributed by atoms with van der Waals surface area (Å²) in [6.45, 7) is 4.58. The van der Waals surface area contributed by atoms with Crippen LogP contribution in [-0.4, -0.2) is 23.8 Å². The summed E-state index contributed by atoms with van der Waals surface area (Å²) in [5.74, 6) is -0.978. The van der Waals surface area contributed by atoms with Crippen LogP contribution in [0.15, 0.2) is 18.2 Å². The van der Waals surface area contributed by atoms with Crippen molar-refractivity contribution in [1.82, 2.24) is 5.32 Å². The van der Waals surface area contributed by atoms with Crippen molar-refractivity contribution in [2.75, 3.05) is 13.1 Å². The fourth-order valence-electron chi connectivity index (χ4n) is 1.55. The van der Waals surface area contributed by atoms with E-state index in [1.54, 1.807) is 6.92 Å². The van der Waals surface area contributed by atoms with Gasteiger partial charge in [-0.25, -0.2) is 8.78 Å². The lowest BCUT2D eigenvalue weighted by Crippen LogP contribution is -2.39. The lowest BCUT2D eigenvalue weighted by molar-refractivity contribution is 0.0598. The molecule has 2 N–H and O–H groups in total. The van der Waals surface area contributed by atoms with Crippen LogP contribution in [0.2, 0.25) is 0 Å². The van der Waals surface area contributed by atoms with Crippen LogP contribution in [0.1, 0.15) is 19.4 Å². The Morgan fingerprint density at radius 3 is 2.69 bits per heavy atom. The molecule has 1 aromatic rings. The second kappa shape index (κ2) is 5.37. The third-order valence-electron chi connectivity index (χ3n) is 2.33. The first kappa shape index (κ1) is 13.1. The zero-order chi connectivity index (χ0) is 12.2. The molecule has 0 aliphatic rings. The molecule has 4 heteroatoms. The van der Waals surface area contributed by atoms with E-state index >= 15 is 0 Å². The average molecular weight is 229 g/mol. The van der Waals surface area contributed by atoms with E-state index < -0.39 is 17.2 Å². The largest absolute Gasteiger partial charge is 0.389 e. The van der Waals surface area contributed by atoms with Crippen LogP contribution in [0.4, 0.5) is 8.78 Å². The molecule has 0 bridgehead atoms. The normalized spacial score (nSPS) is 14.8. The van der Waals surface area contributed by atoms with Gasteiger partial charge in [-0.05, 0) is 37.2 Å². The average Bonchev–Trinajstić information content (AvgIpc) is 2.20. The van der Waals surface area contributed by atoms with Gasteiger partial charge in [0.25, 0.3) is 0 Å². The van der Waals surface area contributed by atoms with Crippen molar-refractivity contribution in [1.29, 1.82) is 0 Å². The first-order valence-corrected chi connectivity index (χ1v) is 5.31. The number of likely N-dealkylation sites (N-methyl/N-ethyl adjacent to an activating group) is 1. The zero-order valence-corrected chi connectivity index (χ0v) is 9.56. The highest BCUT2D eigenvalue weighted by Crippen LogP contribution is 2.16. The molecule has 0 spiro atoms. The Balaban J connectivity index is 2.74. The fraction of sp³-hybridized carbons (Fsp3) is 0.500. The first-order valence-electron chi connectivity index (χ1n) is 5.31. The van der Waals surface area contributed by atoms with Crippen molar-refractivity contribution in [2.24, 2.45) is 0 Å². The summed E-state index contributed by atoms with van der Waals surface area (Å²) in [5, 5.41) is 12.9. The Kier molecular flexibility index (Phi) is 4.38. The quantitative estimate of drug-likeness (QED) is 0.807. The van der Waals surface area contributed by atoms with Crippen LogP contribution in [-0.2, 0) is 6.42 Å². The molecular weight excluding hydrogens is 212 g/mol. The molecule has 0 aliphatic carbocycles. The maximum atomic E-state index is 13.3. The predicted molar refractivity (Wildman–Crippen MR) is 59.2 cm³/mol.